The van der Waals surface area contributed by atoms with Gasteiger partial charge < -0.3 is 10.5 Å². The molecule has 1 unspecified atom stereocenters. The predicted molar refractivity (Wildman–Crippen MR) is 76.1 cm³/mol. The number of benzene rings is 1. The largest absolute Gasteiger partial charge is 0.389 e. The minimum atomic E-state index is 0.436. The second kappa shape index (κ2) is 7.41. The zero-order valence-corrected chi connectivity index (χ0v) is 11.4. The van der Waals surface area contributed by atoms with Gasteiger partial charge in [0.25, 0.3) is 0 Å². The maximum Gasteiger partial charge on any atom is 0.103 e. The summed E-state index contributed by atoms with van der Waals surface area (Å²) in [7, 11) is 0. The van der Waals surface area contributed by atoms with Gasteiger partial charge in [0, 0.05) is 12.2 Å². The number of hydrogen-bond acceptors (Lipinski definition) is 2. The van der Waals surface area contributed by atoms with Crippen LogP contribution in [0.2, 0.25) is 0 Å². The lowest BCUT2D eigenvalue weighted by atomic mass is 10.1. The van der Waals surface area contributed by atoms with Crippen molar-refractivity contribution in [2.45, 2.75) is 33.3 Å². The normalized spacial score (nSPS) is 12.4. The van der Waals surface area contributed by atoms with Crippen LogP contribution in [0.25, 0.3) is 0 Å². The highest BCUT2D eigenvalue weighted by atomic mass is 32.1. The van der Waals surface area contributed by atoms with Crippen molar-refractivity contribution >= 4 is 17.2 Å². The average molecular weight is 251 g/mol. The minimum absolute atomic E-state index is 0.436. The number of ether oxygens (including phenoxy) is 1. The van der Waals surface area contributed by atoms with Gasteiger partial charge in [-0.1, -0.05) is 50.7 Å². The summed E-state index contributed by atoms with van der Waals surface area (Å²) in [6, 6.07) is 7.91. The van der Waals surface area contributed by atoms with Crippen LogP contribution >= 0.6 is 12.2 Å². The van der Waals surface area contributed by atoms with Crippen molar-refractivity contribution < 1.29 is 4.74 Å². The van der Waals surface area contributed by atoms with E-state index in [0.717, 1.165) is 17.7 Å². The first kappa shape index (κ1) is 14.1. The molecule has 0 radical (unpaired) electrons. The zero-order chi connectivity index (χ0) is 12.7. The smallest absolute Gasteiger partial charge is 0.103 e. The molecule has 0 heterocycles. The van der Waals surface area contributed by atoms with Crippen molar-refractivity contribution in [1.29, 1.82) is 0 Å². The molecule has 2 nitrogen and oxygen atoms in total. The van der Waals surface area contributed by atoms with Crippen LogP contribution in [0.4, 0.5) is 0 Å². The Labute approximate surface area is 109 Å². The Bertz CT molecular complexity index is 365. The molecule has 94 valence electrons. The second-order valence-corrected chi connectivity index (χ2v) is 4.91. The van der Waals surface area contributed by atoms with Gasteiger partial charge in [-0.15, -0.1) is 0 Å². The molecule has 0 amide bonds. The summed E-state index contributed by atoms with van der Waals surface area (Å²) in [5, 5.41) is 0. The van der Waals surface area contributed by atoms with Gasteiger partial charge in [-0.2, -0.15) is 0 Å². The molecule has 0 aliphatic rings. The molecule has 0 fully saturated rings. The van der Waals surface area contributed by atoms with Crippen LogP contribution in [0.15, 0.2) is 24.3 Å². The van der Waals surface area contributed by atoms with Crippen LogP contribution in [-0.2, 0) is 11.3 Å². The third kappa shape index (κ3) is 5.29. The van der Waals surface area contributed by atoms with E-state index in [-0.39, 0.29) is 0 Å². The van der Waals surface area contributed by atoms with E-state index < -0.39 is 0 Å². The highest BCUT2D eigenvalue weighted by Crippen LogP contribution is 2.09. The number of rotatable bonds is 7. The first-order valence-electron chi connectivity index (χ1n) is 6.10. The molecular weight excluding hydrogens is 230 g/mol. The van der Waals surface area contributed by atoms with Crippen molar-refractivity contribution in [3.8, 4) is 0 Å². The van der Waals surface area contributed by atoms with E-state index in [1.807, 2.05) is 24.3 Å². The maximum absolute atomic E-state index is 5.68. The van der Waals surface area contributed by atoms with Gasteiger partial charge in [-0.3, -0.25) is 0 Å². The third-order valence-corrected chi connectivity index (χ3v) is 2.90. The summed E-state index contributed by atoms with van der Waals surface area (Å²) in [4.78, 5) is 0.436. The second-order valence-electron chi connectivity index (χ2n) is 4.47. The molecular formula is C14H21NOS. The molecule has 1 atom stereocenters. The van der Waals surface area contributed by atoms with Crippen molar-refractivity contribution in [3.63, 3.8) is 0 Å². The van der Waals surface area contributed by atoms with Crippen molar-refractivity contribution in [2.75, 3.05) is 6.61 Å². The maximum atomic E-state index is 5.68. The third-order valence-electron chi connectivity index (χ3n) is 2.66. The Morgan fingerprint density at radius 2 is 2.24 bits per heavy atom. The van der Waals surface area contributed by atoms with Crippen LogP contribution in [0.3, 0.4) is 0 Å². The molecule has 0 aliphatic carbocycles. The van der Waals surface area contributed by atoms with Gasteiger partial charge >= 0.3 is 0 Å². The lowest BCUT2D eigenvalue weighted by Crippen LogP contribution is -2.10. The van der Waals surface area contributed by atoms with E-state index in [1.165, 1.54) is 12.8 Å². The van der Waals surface area contributed by atoms with Crippen molar-refractivity contribution in [3.05, 3.63) is 35.4 Å². The summed E-state index contributed by atoms with van der Waals surface area (Å²) >= 11 is 4.95. The van der Waals surface area contributed by atoms with Crippen LogP contribution in [0.1, 0.15) is 37.8 Å². The van der Waals surface area contributed by atoms with Crippen molar-refractivity contribution in [1.82, 2.24) is 0 Å². The van der Waals surface area contributed by atoms with E-state index in [2.05, 4.69) is 13.8 Å². The van der Waals surface area contributed by atoms with E-state index in [0.29, 0.717) is 17.5 Å². The Morgan fingerprint density at radius 3 is 2.88 bits per heavy atom. The fourth-order valence-corrected chi connectivity index (χ4v) is 1.90. The highest BCUT2D eigenvalue weighted by molar-refractivity contribution is 7.80. The summed E-state index contributed by atoms with van der Waals surface area (Å²) in [5.74, 6) is 0.624. The van der Waals surface area contributed by atoms with E-state index >= 15 is 0 Å². The first-order valence-corrected chi connectivity index (χ1v) is 6.50. The topological polar surface area (TPSA) is 35.2 Å². The highest BCUT2D eigenvalue weighted by Gasteiger charge is 2.02. The molecule has 1 rings (SSSR count). The fraction of sp³-hybridized carbons (Fsp3) is 0.500. The Hall–Kier alpha value is -0.930. The van der Waals surface area contributed by atoms with Crippen LogP contribution in [-0.4, -0.2) is 11.6 Å². The molecule has 17 heavy (non-hydrogen) atoms. The SMILES string of the molecule is CCCC(C)COCc1cccc(C(N)=S)c1. The van der Waals surface area contributed by atoms with Gasteiger partial charge in [0.15, 0.2) is 0 Å². The van der Waals surface area contributed by atoms with Gasteiger partial charge in [-0.05, 0) is 24.0 Å². The average Bonchev–Trinajstić information content (AvgIpc) is 2.30. The summed E-state index contributed by atoms with van der Waals surface area (Å²) in [6.45, 7) is 5.85. The van der Waals surface area contributed by atoms with Crippen LogP contribution in [0, 0.1) is 5.92 Å². The minimum Gasteiger partial charge on any atom is -0.389 e. The van der Waals surface area contributed by atoms with E-state index in [1.54, 1.807) is 0 Å². The van der Waals surface area contributed by atoms with Crippen molar-refractivity contribution in [2.24, 2.45) is 11.7 Å². The summed E-state index contributed by atoms with van der Waals surface area (Å²) in [6.07, 6.45) is 2.42. The molecule has 2 N–H and O–H groups in total. The monoisotopic (exact) mass is 251 g/mol. The molecule has 0 saturated heterocycles. The molecule has 0 spiro atoms. The molecule has 0 saturated carbocycles. The van der Waals surface area contributed by atoms with E-state index in [9.17, 15) is 0 Å². The molecule has 1 aromatic rings. The molecule has 3 heteroatoms. The predicted octanol–water partition coefficient (Wildman–Crippen LogP) is 3.27. The Morgan fingerprint density at radius 1 is 1.47 bits per heavy atom. The standard InChI is InChI=1S/C14H21NOS/c1-3-5-11(2)9-16-10-12-6-4-7-13(8-12)14(15)17/h4,6-8,11H,3,5,9-10H2,1-2H3,(H2,15,17). The van der Waals surface area contributed by atoms with Crippen LogP contribution in [0.5, 0.6) is 0 Å². The molecule has 0 bridgehead atoms. The molecule has 0 aliphatic heterocycles. The summed E-state index contributed by atoms with van der Waals surface area (Å²) in [5.41, 5.74) is 7.62. The van der Waals surface area contributed by atoms with E-state index in [4.69, 9.17) is 22.7 Å². The number of thiocarbonyl (C=S) groups is 1. The summed E-state index contributed by atoms with van der Waals surface area (Å²) < 4.78 is 5.68. The number of hydrogen-bond donors (Lipinski definition) is 1. The first-order chi connectivity index (χ1) is 8.13. The van der Waals surface area contributed by atoms with Gasteiger partial charge in [0.2, 0.25) is 0 Å². The lowest BCUT2D eigenvalue weighted by molar-refractivity contribution is 0.0893. The molecule has 1 aromatic carbocycles. The van der Waals surface area contributed by atoms with Crippen LogP contribution < -0.4 is 5.73 Å². The fourth-order valence-electron chi connectivity index (χ4n) is 1.77. The van der Waals surface area contributed by atoms with Gasteiger partial charge in [0.05, 0.1) is 6.61 Å². The Kier molecular flexibility index (Phi) is 6.16. The number of nitrogens with two attached hydrogens (primary N) is 1. The quantitative estimate of drug-likeness (QED) is 0.755. The zero-order valence-electron chi connectivity index (χ0n) is 10.6. The van der Waals surface area contributed by atoms with Gasteiger partial charge in [-0.25, -0.2) is 0 Å². The lowest BCUT2D eigenvalue weighted by Gasteiger charge is -2.11. The molecule has 0 aromatic heterocycles. The van der Waals surface area contributed by atoms with Gasteiger partial charge in [0.1, 0.15) is 4.99 Å². The Balaban J connectivity index is 2.41.